The van der Waals surface area contributed by atoms with Crippen LogP contribution >= 0.6 is 0 Å². The molecule has 0 saturated carbocycles. The minimum Gasteiger partial charge on any atom is -0.481 e. The monoisotopic (exact) mass is 246 g/mol. The van der Waals surface area contributed by atoms with Gasteiger partial charge in [0.05, 0.1) is 5.92 Å². The van der Waals surface area contributed by atoms with E-state index in [2.05, 4.69) is 9.97 Å². The Morgan fingerprint density at radius 3 is 2.89 bits per heavy atom. The highest BCUT2D eigenvalue weighted by atomic mass is 16.4. The fraction of sp³-hybridized carbons (Fsp3) is 0.500. The number of carboxylic acids is 1. The third-order valence-corrected chi connectivity index (χ3v) is 3.09. The predicted octanol–water partition coefficient (Wildman–Crippen LogP) is 0.895. The molecule has 2 unspecified atom stereocenters. The highest BCUT2D eigenvalue weighted by Crippen LogP contribution is 2.26. The quantitative estimate of drug-likeness (QED) is 0.833. The molecule has 2 rings (SSSR count). The van der Waals surface area contributed by atoms with Gasteiger partial charge in [-0.05, 0) is 12.3 Å². The van der Waals surface area contributed by atoms with Gasteiger partial charge in [0.15, 0.2) is 11.5 Å². The van der Waals surface area contributed by atoms with Gasteiger partial charge in [0.2, 0.25) is 0 Å². The molecule has 0 aromatic carbocycles. The summed E-state index contributed by atoms with van der Waals surface area (Å²) in [5, 5.41) is 18.1. The Labute approximate surface area is 105 Å². The van der Waals surface area contributed by atoms with E-state index in [0.717, 1.165) is 0 Å². The Kier molecular flexibility index (Phi) is 3.42. The van der Waals surface area contributed by atoms with E-state index >= 15 is 0 Å². The van der Waals surface area contributed by atoms with Gasteiger partial charge in [-0.2, -0.15) is 5.26 Å². The summed E-state index contributed by atoms with van der Waals surface area (Å²) >= 11 is 0. The van der Waals surface area contributed by atoms with E-state index in [1.165, 1.54) is 12.4 Å². The average Bonchev–Trinajstić information content (AvgIpc) is 2.38. The van der Waals surface area contributed by atoms with E-state index < -0.39 is 11.9 Å². The van der Waals surface area contributed by atoms with Crippen LogP contribution in [-0.4, -0.2) is 34.1 Å². The van der Waals surface area contributed by atoms with Gasteiger partial charge in [0.25, 0.3) is 0 Å². The number of piperidine rings is 1. The maximum atomic E-state index is 11.1. The lowest BCUT2D eigenvalue weighted by Gasteiger charge is -2.35. The maximum Gasteiger partial charge on any atom is 0.308 e. The molecule has 0 bridgehead atoms. The zero-order valence-electron chi connectivity index (χ0n) is 10.1. The normalized spacial score (nSPS) is 23.4. The van der Waals surface area contributed by atoms with Crippen molar-refractivity contribution in [2.75, 3.05) is 18.0 Å². The molecule has 1 N–H and O–H groups in total. The van der Waals surface area contributed by atoms with Gasteiger partial charge in [-0.1, -0.05) is 6.92 Å². The number of nitrogens with zero attached hydrogens (tertiary/aromatic N) is 4. The number of nitriles is 1. The third kappa shape index (κ3) is 2.40. The Hall–Kier alpha value is -2.16. The molecular weight excluding hydrogens is 232 g/mol. The highest BCUT2D eigenvalue weighted by Gasteiger charge is 2.31. The summed E-state index contributed by atoms with van der Waals surface area (Å²) in [6, 6.07) is 1.99. The fourth-order valence-corrected chi connectivity index (χ4v) is 2.34. The van der Waals surface area contributed by atoms with Crippen LogP contribution in [0, 0.1) is 23.2 Å². The second kappa shape index (κ2) is 5.00. The van der Waals surface area contributed by atoms with Crippen molar-refractivity contribution in [3.05, 3.63) is 18.1 Å². The minimum absolute atomic E-state index is 0.246. The van der Waals surface area contributed by atoms with Crippen LogP contribution in [0.1, 0.15) is 19.0 Å². The van der Waals surface area contributed by atoms with Crippen molar-refractivity contribution in [2.24, 2.45) is 11.8 Å². The van der Waals surface area contributed by atoms with Gasteiger partial charge in [0.1, 0.15) is 6.07 Å². The Morgan fingerprint density at radius 2 is 2.22 bits per heavy atom. The lowest BCUT2D eigenvalue weighted by atomic mass is 9.90. The molecule has 1 aromatic rings. The summed E-state index contributed by atoms with van der Waals surface area (Å²) < 4.78 is 0. The average molecular weight is 246 g/mol. The topological polar surface area (TPSA) is 90.1 Å². The van der Waals surface area contributed by atoms with Crippen LogP contribution in [0.15, 0.2) is 12.4 Å². The molecule has 94 valence electrons. The summed E-state index contributed by atoms with van der Waals surface area (Å²) in [6.45, 7) is 3.09. The van der Waals surface area contributed by atoms with Gasteiger partial charge < -0.3 is 10.0 Å². The standard InChI is InChI=1S/C12H14N4O2/c1-8-4-9(12(17)18)7-16(6-8)11-10(5-13)14-2-3-15-11/h2-3,8-9H,4,6-7H2,1H3,(H,17,18). The summed E-state index contributed by atoms with van der Waals surface area (Å²) in [6.07, 6.45) is 3.64. The molecule has 18 heavy (non-hydrogen) atoms. The van der Waals surface area contributed by atoms with Gasteiger partial charge in [-0.3, -0.25) is 4.79 Å². The number of carbonyl (C=O) groups is 1. The molecule has 1 saturated heterocycles. The number of aliphatic carboxylic acids is 1. The molecule has 1 aliphatic rings. The lowest BCUT2D eigenvalue weighted by Crippen LogP contribution is -2.43. The molecule has 6 nitrogen and oxygen atoms in total. The van der Waals surface area contributed by atoms with Crippen molar-refractivity contribution in [2.45, 2.75) is 13.3 Å². The van der Waals surface area contributed by atoms with E-state index in [1.54, 1.807) is 0 Å². The number of hydrogen-bond donors (Lipinski definition) is 1. The van der Waals surface area contributed by atoms with Crippen LogP contribution in [0.3, 0.4) is 0 Å². The number of hydrogen-bond acceptors (Lipinski definition) is 5. The summed E-state index contributed by atoms with van der Waals surface area (Å²) in [4.78, 5) is 21.1. The van der Waals surface area contributed by atoms with Crippen molar-refractivity contribution >= 4 is 11.8 Å². The summed E-state index contributed by atoms with van der Waals surface area (Å²) in [5.41, 5.74) is 0.246. The van der Waals surface area contributed by atoms with E-state index in [0.29, 0.717) is 25.3 Å². The molecule has 2 atom stereocenters. The third-order valence-electron chi connectivity index (χ3n) is 3.09. The van der Waals surface area contributed by atoms with Crippen LogP contribution in [0.4, 0.5) is 5.82 Å². The molecule has 1 aromatic heterocycles. The van der Waals surface area contributed by atoms with Crippen LogP contribution in [0.25, 0.3) is 0 Å². The molecule has 2 heterocycles. The molecule has 0 aliphatic carbocycles. The molecule has 1 fully saturated rings. The van der Waals surface area contributed by atoms with Crippen LogP contribution in [0.5, 0.6) is 0 Å². The zero-order chi connectivity index (χ0) is 13.1. The SMILES string of the molecule is CC1CC(C(=O)O)CN(c2nccnc2C#N)C1. The molecule has 6 heteroatoms. The van der Waals surface area contributed by atoms with E-state index in [9.17, 15) is 4.79 Å². The van der Waals surface area contributed by atoms with Gasteiger partial charge in [-0.25, -0.2) is 9.97 Å². The second-order valence-corrected chi connectivity index (χ2v) is 4.62. The molecule has 0 radical (unpaired) electrons. The Balaban J connectivity index is 2.27. The summed E-state index contributed by atoms with van der Waals surface area (Å²) in [5.74, 6) is -0.470. The number of anilines is 1. The van der Waals surface area contributed by atoms with Gasteiger partial charge >= 0.3 is 5.97 Å². The second-order valence-electron chi connectivity index (χ2n) is 4.62. The van der Waals surface area contributed by atoms with Crippen molar-refractivity contribution in [1.29, 1.82) is 5.26 Å². The number of aromatic nitrogens is 2. The van der Waals surface area contributed by atoms with Crippen molar-refractivity contribution in [3.63, 3.8) is 0 Å². The van der Waals surface area contributed by atoms with Crippen molar-refractivity contribution in [1.82, 2.24) is 9.97 Å². The highest BCUT2D eigenvalue weighted by molar-refractivity contribution is 5.71. The first-order valence-electron chi connectivity index (χ1n) is 5.80. The largest absolute Gasteiger partial charge is 0.481 e. The first-order chi connectivity index (χ1) is 8.61. The fourth-order valence-electron chi connectivity index (χ4n) is 2.34. The Bertz CT molecular complexity index is 497. The van der Waals surface area contributed by atoms with Crippen LogP contribution < -0.4 is 4.90 Å². The Morgan fingerprint density at radius 1 is 1.50 bits per heavy atom. The lowest BCUT2D eigenvalue weighted by molar-refractivity contribution is -0.142. The van der Waals surface area contributed by atoms with E-state index in [-0.39, 0.29) is 11.6 Å². The molecular formula is C12H14N4O2. The first-order valence-corrected chi connectivity index (χ1v) is 5.80. The minimum atomic E-state index is -0.797. The van der Waals surface area contributed by atoms with Gasteiger partial charge in [-0.15, -0.1) is 0 Å². The van der Waals surface area contributed by atoms with Crippen LogP contribution in [-0.2, 0) is 4.79 Å². The molecule has 0 amide bonds. The number of carboxylic acid groups (broad SMARTS) is 1. The van der Waals surface area contributed by atoms with Gasteiger partial charge in [0, 0.05) is 25.5 Å². The summed E-state index contributed by atoms with van der Waals surface area (Å²) in [7, 11) is 0. The zero-order valence-corrected chi connectivity index (χ0v) is 10.1. The molecule has 1 aliphatic heterocycles. The maximum absolute atomic E-state index is 11.1. The van der Waals surface area contributed by atoms with Crippen LogP contribution in [0.2, 0.25) is 0 Å². The van der Waals surface area contributed by atoms with E-state index in [1.807, 2.05) is 17.9 Å². The van der Waals surface area contributed by atoms with E-state index in [4.69, 9.17) is 10.4 Å². The molecule has 0 spiro atoms. The van der Waals surface area contributed by atoms with Crippen molar-refractivity contribution in [3.8, 4) is 6.07 Å². The predicted molar refractivity (Wildman–Crippen MR) is 63.9 cm³/mol. The smallest absolute Gasteiger partial charge is 0.308 e. The van der Waals surface area contributed by atoms with Crippen molar-refractivity contribution < 1.29 is 9.90 Å². The number of rotatable bonds is 2. The first kappa shape index (κ1) is 12.3.